The summed E-state index contributed by atoms with van der Waals surface area (Å²) >= 11 is 5.83. The Labute approximate surface area is 183 Å². The lowest BCUT2D eigenvalue weighted by Gasteiger charge is -2.41. The summed E-state index contributed by atoms with van der Waals surface area (Å²) < 4.78 is 0. The molecule has 0 heterocycles. The van der Waals surface area contributed by atoms with Crippen LogP contribution >= 0.6 is 11.6 Å². The summed E-state index contributed by atoms with van der Waals surface area (Å²) in [6.07, 6.45) is 1.84. The van der Waals surface area contributed by atoms with Crippen LogP contribution in [0.5, 0.6) is 0 Å². The zero-order valence-electron chi connectivity index (χ0n) is 18.3. The molecule has 0 amide bonds. The lowest BCUT2D eigenvalue weighted by Crippen LogP contribution is -2.48. The van der Waals surface area contributed by atoms with Crippen molar-refractivity contribution >= 4 is 34.7 Å². The zero-order valence-corrected chi connectivity index (χ0v) is 19.1. The average molecular weight is 431 g/mol. The first-order chi connectivity index (χ1) is 13.9. The van der Waals surface area contributed by atoms with Gasteiger partial charge in [-0.25, -0.2) is 0 Å². The lowest BCUT2D eigenvalue weighted by atomic mass is 9.59. The number of benzene rings is 1. The van der Waals surface area contributed by atoms with Crippen LogP contribution in [0.15, 0.2) is 24.3 Å². The summed E-state index contributed by atoms with van der Waals surface area (Å²) in [4.78, 5) is 52.5. The maximum atomic E-state index is 13.1. The molecule has 0 bridgehead atoms. The van der Waals surface area contributed by atoms with Gasteiger partial charge in [-0.15, -0.1) is 11.6 Å². The number of hydrogen-bond acceptors (Lipinski definition) is 4. The van der Waals surface area contributed by atoms with Crippen molar-refractivity contribution in [2.45, 2.75) is 65.7 Å². The minimum absolute atomic E-state index is 0.156. The van der Waals surface area contributed by atoms with Gasteiger partial charge in [0.05, 0.1) is 11.8 Å². The maximum absolute atomic E-state index is 13.1. The number of Topliss-reactive ketones (excluding diaryl/α,β-unsaturated/α-hetero) is 4. The summed E-state index contributed by atoms with van der Waals surface area (Å²) in [5.74, 6) is -2.72. The summed E-state index contributed by atoms with van der Waals surface area (Å²) in [7, 11) is 0. The average Bonchev–Trinajstić information content (AvgIpc) is 2.58. The van der Waals surface area contributed by atoms with Crippen molar-refractivity contribution in [2.75, 3.05) is 5.88 Å². The van der Waals surface area contributed by atoms with Gasteiger partial charge >= 0.3 is 0 Å². The Morgan fingerprint density at radius 3 is 1.47 bits per heavy atom. The molecule has 4 nitrogen and oxygen atoms in total. The van der Waals surface area contributed by atoms with Crippen molar-refractivity contribution in [3.05, 3.63) is 35.4 Å². The van der Waals surface area contributed by atoms with E-state index in [-0.39, 0.29) is 59.6 Å². The van der Waals surface area contributed by atoms with Gasteiger partial charge in [0.1, 0.15) is 23.1 Å². The molecule has 2 aliphatic carbocycles. The Balaban J connectivity index is 2.05. The van der Waals surface area contributed by atoms with E-state index >= 15 is 0 Å². The van der Waals surface area contributed by atoms with Crippen LogP contribution in [0.1, 0.15) is 70.4 Å². The topological polar surface area (TPSA) is 68.3 Å². The third-order valence-corrected chi connectivity index (χ3v) is 6.65. The Morgan fingerprint density at radius 2 is 1.13 bits per heavy atom. The van der Waals surface area contributed by atoms with E-state index < -0.39 is 17.8 Å². The minimum Gasteiger partial charge on any atom is -0.299 e. The highest BCUT2D eigenvalue weighted by Gasteiger charge is 2.52. The van der Waals surface area contributed by atoms with Crippen LogP contribution in [0.2, 0.25) is 0 Å². The fourth-order valence-corrected chi connectivity index (χ4v) is 5.42. The number of alkyl halides is 1. The van der Waals surface area contributed by atoms with Gasteiger partial charge in [-0.05, 0) is 28.4 Å². The fourth-order valence-electron chi connectivity index (χ4n) is 5.20. The van der Waals surface area contributed by atoms with E-state index in [1.807, 2.05) is 52.0 Å². The van der Waals surface area contributed by atoms with Crippen LogP contribution in [0.3, 0.4) is 0 Å². The highest BCUT2D eigenvalue weighted by Crippen LogP contribution is 2.47. The molecule has 3 rings (SSSR count). The van der Waals surface area contributed by atoms with Crippen molar-refractivity contribution in [1.82, 2.24) is 0 Å². The molecule has 30 heavy (non-hydrogen) atoms. The Morgan fingerprint density at radius 1 is 0.767 bits per heavy atom. The number of halogens is 1. The molecular formula is C25H31ClO4. The number of carbonyl (C=O) groups is 4. The summed E-state index contributed by atoms with van der Waals surface area (Å²) in [6, 6.07) is 7.53. The van der Waals surface area contributed by atoms with E-state index in [4.69, 9.17) is 11.6 Å². The van der Waals surface area contributed by atoms with Crippen LogP contribution in [0, 0.1) is 22.7 Å². The van der Waals surface area contributed by atoms with Gasteiger partial charge in [0.15, 0.2) is 0 Å². The molecule has 0 spiro atoms. The number of rotatable bonds is 5. The monoisotopic (exact) mass is 430 g/mol. The first kappa shape index (κ1) is 22.9. The molecule has 0 N–H and O–H groups in total. The quantitative estimate of drug-likeness (QED) is 0.501. The van der Waals surface area contributed by atoms with Gasteiger partial charge in [0.25, 0.3) is 0 Å². The van der Waals surface area contributed by atoms with E-state index in [2.05, 4.69) is 0 Å². The molecule has 5 heteroatoms. The second kappa shape index (κ2) is 8.37. The first-order valence-electron chi connectivity index (χ1n) is 10.7. The van der Waals surface area contributed by atoms with Gasteiger partial charge in [-0.2, -0.15) is 0 Å². The van der Waals surface area contributed by atoms with Gasteiger partial charge in [-0.1, -0.05) is 52.0 Å². The normalized spacial score (nSPS) is 22.7. The van der Waals surface area contributed by atoms with Gasteiger partial charge in [0.2, 0.25) is 0 Å². The number of hydrogen-bond donors (Lipinski definition) is 0. The van der Waals surface area contributed by atoms with Crippen molar-refractivity contribution < 1.29 is 19.2 Å². The minimum atomic E-state index is -0.934. The predicted molar refractivity (Wildman–Crippen MR) is 117 cm³/mol. The molecule has 0 aromatic heterocycles. The molecule has 0 unspecified atom stereocenters. The maximum Gasteiger partial charge on any atom is 0.144 e. The van der Waals surface area contributed by atoms with Crippen LogP contribution < -0.4 is 0 Å². The summed E-state index contributed by atoms with van der Waals surface area (Å²) in [6.45, 7) is 7.64. The third-order valence-electron chi connectivity index (χ3n) is 6.46. The van der Waals surface area contributed by atoms with Gasteiger partial charge in [-0.3, -0.25) is 19.2 Å². The molecule has 0 radical (unpaired) electrons. The number of aryl methyl sites for hydroxylation is 1. The predicted octanol–water partition coefficient (Wildman–Crippen LogP) is 4.70. The second-order valence-electron chi connectivity index (χ2n) is 10.6. The summed E-state index contributed by atoms with van der Waals surface area (Å²) in [5, 5.41) is 0. The standard InChI is InChI=1S/C25H31ClO4/c1-24(2)11-17(27)22(18(28)12-24)21(16-7-5-15(6-8-16)9-10-26)23-19(29)13-25(3,4)14-20(23)30/h5-8,21-23H,9-14H2,1-4H3. The van der Waals surface area contributed by atoms with E-state index in [1.165, 1.54) is 0 Å². The van der Waals surface area contributed by atoms with Crippen LogP contribution in [0.4, 0.5) is 0 Å². The summed E-state index contributed by atoms with van der Waals surface area (Å²) in [5.41, 5.74) is 0.979. The molecule has 2 aliphatic rings. The molecule has 1 aromatic carbocycles. The Kier molecular flexibility index (Phi) is 6.38. The Bertz CT molecular complexity index is 778. The van der Waals surface area contributed by atoms with E-state index in [0.717, 1.165) is 5.56 Å². The highest BCUT2D eigenvalue weighted by molar-refractivity contribution is 6.18. The van der Waals surface area contributed by atoms with E-state index in [9.17, 15) is 19.2 Å². The zero-order chi connectivity index (χ0) is 22.3. The van der Waals surface area contributed by atoms with Crippen LogP contribution in [-0.4, -0.2) is 29.0 Å². The molecule has 162 valence electrons. The molecule has 2 fully saturated rings. The second-order valence-corrected chi connectivity index (χ2v) is 10.9. The lowest BCUT2D eigenvalue weighted by molar-refractivity contribution is -0.145. The highest BCUT2D eigenvalue weighted by atomic mass is 35.5. The molecule has 1 aromatic rings. The number of carbonyl (C=O) groups excluding carboxylic acids is 4. The van der Waals surface area contributed by atoms with Crippen LogP contribution in [0.25, 0.3) is 0 Å². The van der Waals surface area contributed by atoms with E-state index in [1.54, 1.807) is 0 Å². The van der Waals surface area contributed by atoms with Crippen molar-refractivity contribution in [3.63, 3.8) is 0 Å². The van der Waals surface area contributed by atoms with Crippen LogP contribution in [-0.2, 0) is 25.6 Å². The largest absolute Gasteiger partial charge is 0.299 e. The molecule has 2 saturated carbocycles. The number of ketones is 4. The van der Waals surface area contributed by atoms with Gasteiger partial charge < -0.3 is 0 Å². The SMILES string of the molecule is CC1(C)CC(=O)C(C(c2ccc(CCCl)cc2)C2C(=O)CC(C)(C)CC2=O)C(=O)C1. The molecule has 0 saturated heterocycles. The smallest absolute Gasteiger partial charge is 0.144 e. The molecular weight excluding hydrogens is 400 g/mol. The fraction of sp³-hybridized carbons (Fsp3) is 0.600. The third kappa shape index (κ3) is 4.74. The van der Waals surface area contributed by atoms with Crippen molar-refractivity contribution in [2.24, 2.45) is 22.7 Å². The van der Waals surface area contributed by atoms with Gasteiger partial charge in [0, 0.05) is 37.5 Å². The van der Waals surface area contributed by atoms with E-state index in [0.29, 0.717) is 17.9 Å². The molecule has 0 atom stereocenters. The molecule has 0 aliphatic heterocycles. The first-order valence-corrected chi connectivity index (χ1v) is 11.2. The van der Waals surface area contributed by atoms with Crippen molar-refractivity contribution in [1.29, 1.82) is 0 Å². The Hall–Kier alpha value is -1.81. The van der Waals surface area contributed by atoms with Crippen molar-refractivity contribution in [3.8, 4) is 0 Å².